The van der Waals surface area contributed by atoms with Crippen molar-refractivity contribution < 1.29 is 0 Å². The van der Waals surface area contributed by atoms with Crippen LogP contribution in [0.2, 0.25) is 0 Å². The number of halogens is 1. The van der Waals surface area contributed by atoms with Crippen LogP contribution in [-0.4, -0.2) is 26.0 Å². The first-order valence-electron chi connectivity index (χ1n) is 6.72. The van der Waals surface area contributed by atoms with Gasteiger partial charge in [-0.25, -0.2) is 9.50 Å². The van der Waals surface area contributed by atoms with Crippen LogP contribution in [0.3, 0.4) is 0 Å². The Balaban J connectivity index is 2.27. The molecule has 0 aliphatic carbocycles. The molecule has 0 aliphatic heterocycles. The lowest BCUT2D eigenvalue weighted by molar-refractivity contribution is 0.693. The van der Waals surface area contributed by atoms with Gasteiger partial charge in [0.25, 0.3) is 0 Å². The number of hydrogen-bond donors (Lipinski definition) is 1. The first-order chi connectivity index (χ1) is 8.97. The zero-order valence-electron chi connectivity index (χ0n) is 11.9. The lowest BCUT2D eigenvalue weighted by Crippen LogP contribution is -2.19. The molecule has 0 bridgehead atoms. The number of anilines is 1. The van der Waals surface area contributed by atoms with Crippen LogP contribution in [0.15, 0.2) is 18.5 Å². The van der Waals surface area contributed by atoms with Gasteiger partial charge < -0.3 is 5.32 Å². The number of nitrogens with zero attached hydrogens (tertiary/aromatic N) is 3. The molecule has 1 N–H and O–H groups in total. The molecule has 0 amide bonds. The molecule has 0 aliphatic rings. The highest BCUT2D eigenvalue weighted by Crippen LogP contribution is 2.21. The van der Waals surface area contributed by atoms with Gasteiger partial charge in [-0.3, -0.25) is 0 Å². The Hall–Kier alpha value is -1.29. The van der Waals surface area contributed by atoms with Gasteiger partial charge in [0, 0.05) is 23.8 Å². The Morgan fingerprint density at radius 3 is 2.68 bits per heavy atom. The van der Waals surface area contributed by atoms with E-state index in [0.717, 1.165) is 23.4 Å². The van der Waals surface area contributed by atoms with Gasteiger partial charge in [0.2, 0.25) is 0 Å². The van der Waals surface area contributed by atoms with Crippen molar-refractivity contribution in [3.8, 4) is 0 Å². The highest BCUT2D eigenvalue weighted by molar-refractivity contribution is 6.20. The van der Waals surface area contributed by atoms with E-state index in [1.165, 1.54) is 0 Å². The van der Waals surface area contributed by atoms with Gasteiger partial charge in [0.15, 0.2) is 5.82 Å². The van der Waals surface area contributed by atoms with Crippen molar-refractivity contribution in [2.45, 2.75) is 51.5 Å². The molecule has 19 heavy (non-hydrogen) atoms. The fourth-order valence-electron chi connectivity index (χ4n) is 2.11. The Morgan fingerprint density at radius 2 is 2.05 bits per heavy atom. The topological polar surface area (TPSA) is 42.2 Å². The molecule has 2 heterocycles. The van der Waals surface area contributed by atoms with Crippen molar-refractivity contribution in [3.05, 3.63) is 24.2 Å². The molecule has 0 aromatic carbocycles. The molecule has 104 valence electrons. The number of alkyl halides is 1. The van der Waals surface area contributed by atoms with Crippen molar-refractivity contribution in [2.75, 3.05) is 5.32 Å². The van der Waals surface area contributed by atoms with Crippen LogP contribution in [0.4, 0.5) is 5.82 Å². The maximum Gasteiger partial charge on any atom is 0.152 e. The monoisotopic (exact) mass is 280 g/mol. The highest BCUT2D eigenvalue weighted by atomic mass is 35.5. The number of nitrogens with one attached hydrogen (secondary N) is 1. The Kier molecular flexibility index (Phi) is 4.30. The van der Waals surface area contributed by atoms with Gasteiger partial charge in [-0.2, -0.15) is 5.10 Å². The van der Waals surface area contributed by atoms with Gasteiger partial charge in [-0.05, 0) is 32.3 Å². The van der Waals surface area contributed by atoms with Gasteiger partial charge in [0.1, 0.15) is 5.52 Å². The molecule has 2 aromatic heterocycles. The fraction of sp³-hybridized carbons (Fsp3) is 0.571. The van der Waals surface area contributed by atoms with E-state index in [2.05, 4.69) is 42.2 Å². The largest absolute Gasteiger partial charge is 0.366 e. The standard InChI is InChI=1S/C14H21ClN4/c1-9(2)12-8-13-14(16-5-6-19(13)18-12)17-11(4)7-10(3)15/h5-6,8-11H,7H2,1-4H3,(H,16,17). The summed E-state index contributed by atoms with van der Waals surface area (Å²) in [5.41, 5.74) is 2.09. The Bertz CT molecular complexity index is 547. The van der Waals surface area contributed by atoms with E-state index in [1.54, 1.807) is 6.20 Å². The van der Waals surface area contributed by atoms with E-state index in [0.29, 0.717) is 5.92 Å². The van der Waals surface area contributed by atoms with Crippen LogP contribution in [0.1, 0.15) is 45.7 Å². The first kappa shape index (κ1) is 14.1. The normalized spacial score (nSPS) is 14.8. The lowest BCUT2D eigenvalue weighted by atomic mass is 10.1. The third kappa shape index (κ3) is 3.38. The minimum absolute atomic E-state index is 0.151. The van der Waals surface area contributed by atoms with E-state index in [9.17, 15) is 0 Å². The average molecular weight is 281 g/mol. The summed E-state index contributed by atoms with van der Waals surface area (Å²) in [6.45, 7) is 8.40. The van der Waals surface area contributed by atoms with E-state index in [4.69, 9.17) is 11.6 Å². The molecule has 2 unspecified atom stereocenters. The second kappa shape index (κ2) is 5.78. The van der Waals surface area contributed by atoms with Crippen LogP contribution >= 0.6 is 11.6 Å². The third-order valence-electron chi connectivity index (χ3n) is 3.06. The minimum Gasteiger partial charge on any atom is -0.366 e. The first-order valence-corrected chi connectivity index (χ1v) is 7.16. The summed E-state index contributed by atoms with van der Waals surface area (Å²) in [7, 11) is 0. The van der Waals surface area contributed by atoms with Gasteiger partial charge in [0.05, 0.1) is 5.69 Å². The summed E-state index contributed by atoms with van der Waals surface area (Å²) in [4.78, 5) is 4.41. The number of aromatic nitrogens is 3. The molecule has 2 atom stereocenters. The van der Waals surface area contributed by atoms with Crippen LogP contribution in [0.5, 0.6) is 0 Å². The summed E-state index contributed by atoms with van der Waals surface area (Å²) >= 11 is 6.02. The van der Waals surface area contributed by atoms with Crippen molar-refractivity contribution in [2.24, 2.45) is 0 Å². The molecule has 5 heteroatoms. The summed E-state index contributed by atoms with van der Waals surface area (Å²) < 4.78 is 1.88. The lowest BCUT2D eigenvalue weighted by Gasteiger charge is -2.15. The smallest absolute Gasteiger partial charge is 0.152 e. The highest BCUT2D eigenvalue weighted by Gasteiger charge is 2.12. The van der Waals surface area contributed by atoms with Gasteiger partial charge in [-0.15, -0.1) is 11.6 Å². The molecule has 2 aromatic rings. The predicted molar refractivity (Wildman–Crippen MR) is 80.1 cm³/mol. The maximum atomic E-state index is 6.02. The second-order valence-corrected chi connectivity index (χ2v) is 6.14. The van der Waals surface area contributed by atoms with E-state index in [-0.39, 0.29) is 11.4 Å². The summed E-state index contributed by atoms with van der Waals surface area (Å²) in [5, 5.41) is 8.12. The zero-order chi connectivity index (χ0) is 14.0. The number of hydrogen-bond acceptors (Lipinski definition) is 3. The fourth-order valence-corrected chi connectivity index (χ4v) is 2.38. The third-order valence-corrected chi connectivity index (χ3v) is 3.24. The Morgan fingerprint density at radius 1 is 1.32 bits per heavy atom. The van der Waals surface area contributed by atoms with Crippen LogP contribution < -0.4 is 5.32 Å². The SMILES string of the molecule is CC(Cl)CC(C)Nc1nccn2nc(C(C)C)cc12. The van der Waals surface area contributed by atoms with Gasteiger partial charge >= 0.3 is 0 Å². The quantitative estimate of drug-likeness (QED) is 0.850. The van der Waals surface area contributed by atoms with Gasteiger partial charge in [-0.1, -0.05) is 13.8 Å². The molecular formula is C14H21ClN4. The van der Waals surface area contributed by atoms with Crippen LogP contribution in [0, 0.1) is 0 Å². The second-order valence-electron chi connectivity index (χ2n) is 5.39. The molecule has 0 saturated carbocycles. The maximum absolute atomic E-state index is 6.02. The zero-order valence-corrected chi connectivity index (χ0v) is 12.6. The van der Waals surface area contributed by atoms with Crippen molar-refractivity contribution >= 4 is 22.9 Å². The van der Waals surface area contributed by atoms with E-state index in [1.807, 2.05) is 17.6 Å². The summed E-state index contributed by atoms with van der Waals surface area (Å²) in [6.07, 6.45) is 4.54. The van der Waals surface area contributed by atoms with E-state index < -0.39 is 0 Å². The van der Waals surface area contributed by atoms with Crippen molar-refractivity contribution in [1.29, 1.82) is 0 Å². The molecule has 0 fully saturated rings. The Labute approximate surface area is 119 Å². The average Bonchev–Trinajstić information content (AvgIpc) is 2.72. The van der Waals surface area contributed by atoms with Crippen molar-refractivity contribution in [3.63, 3.8) is 0 Å². The molecule has 0 saturated heterocycles. The molecule has 2 rings (SSSR count). The number of rotatable bonds is 5. The summed E-state index contributed by atoms with van der Waals surface area (Å²) in [5.74, 6) is 1.28. The molecule has 0 radical (unpaired) electrons. The predicted octanol–water partition coefficient (Wildman–Crippen LogP) is 3.67. The molecule has 4 nitrogen and oxygen atoms in total. The van der Waals surface area contributed by atoms with Crippen LogP contribution in [-0.2, 0) is 0 Å². The van der Waals surface area contributed by atoms with E-state index >= 15 is 0 Å². The van der Waals surface area contributed by atoms with Crippen LogP contribution in [0.25, 0.3) is 5.52 Å². The summed E-state index contributed by atoms with van der Waals surface area (Å²) in [6, 6.07) is 2.38. The van der Waals surface area contributed by atoms with Crippen molar-refractivity contribution in [1.82, 2.24) is 14.6 Å². The number of fused-ring (bicyclic) bond motifs is 1. The molecule has 0 spiro atoms. The molecular weight excluding hydrogens is 260 g/mol. The minimum atomic E-state index is 0.151.